The number of hydrogen-bond donors (Lipinski definition) is 0. The van der Waals surface area contributed by atoms with Crippen molar-refractivity contribution in [3.8, 4) is 0 Å². The van der Waals surface area contributed by atoms with Crippen molar-refractivity contribution in [1.82, 2.24) is 4.90 Å². The standard InChI is InChI=1S/C18H23ClFN2O3/c1-12-10-21(7-8-22(12)17(24)25-18(2,3)4)11-16(23)13-5-6-14(19)15(20)9-13/h5-6,9H,7-8,10-11H2,1-4H3/q+1. The predicted molar refractivity (Wildman–Crippen MR) is 94.2 cm³/mol. The lowest BCUT2D eigenvalue weighted by Crippen LogP contribution is -2.48. The molecule has 0 saturated carbocycles. The molecule has 1 heterocycles. The highest BCUT2D eigenvalue weighted by Crippen LogP contribution is 2.16. The summed E-state index contributed by atoms with van der Waals surface area (Å²) in [6, 6.07) is 4.04. The van der Waals surface area contributed by atoms with Crippen LogP contribution in [0, 0.1) is 5.82 Å². The fourth-order valence-electron chi connectivity index (χ4n) is 2.58. The summed E-state index contributed by atoms with van der Waals surface area (Å²) >= 11 is 5.64. The molecule has 7 heteroatoms. The third kappa shape index (κ3) is 5.34. The van der Waals surface area contributed by atoms with Gasteiger partial charge in [0.1, 0.15) is 11.4 Å². The van der Waals surface area contributed by atoms with Crippen LogP contribution in [0.25, 0.3) is 0 Å². The van der Waals surface area contributed by atoms with Crippen molar-refractivity contribution in [2.24, 2.45) is 0 Å². The molecular formula is C18H23ClFN2O3+. The number of nitrogens with zero attached hydrogens (tertiary/aromatic N) is 2. The number of amides is 1. The molecule has 1 aliphatic rings. The zero-order chi connectivity index (χ0) is 18.8. The Morgan fingerprint density at radius 2 is 2.04 bits per heavy atom. The Morgan fingerprint density at radius 1 is 1.36 bits per heavy atom. The molecule has 2 rings (SSSR count). The number of hydrogen-bond acceptors (Lipinski definition) is 4. The second kappa shape index (κ2) is 7.62. The normalized spacial score (nSPS) is 16.1. The van der Waals surface area contributed by atoms with Crippen LogP contribution in [0.2, 0.25) is 5.02 Å². The maximum Gasteiger partial charge on any atom is 0.596 e. The molecule has 1 aliphatic heterocycles. The molecule has 0 aliphatic carbocycles. The summed E-state index contributed by atoms with van der Waals surface area (Å²) in [5.74, 6) is -0.793. The molecule has 0 unspecified atom stereocenters. The molecule has 1 amide bonds. The Hall–Kier alpha value is -1.79. The average molecular weight is 370 g/mol. The molecular weight excluding hydrogens is 347 g/mol. The van der Waals surface area contributed by atoms with Crippen molar-refractivity contribution in [2.45, 2.75) is 33.3 Å². The highest BCUT2D eigenvalue weighted by molar-refractivity contribution is 6.30. The molecule has 0 radical (unpaired) electrons. The van der Waals surface area contributed by atoms with Gasteiger partial charge in [0.15, 0.2) is 18.0 Å². The van der Waals surface area contributed by atoms with Crippen molar-refractivity contribution in [3.63, 3.8) is 0 Å². The summed E-state index contributed by atoms with van der Waals surface area (Å²) in [4.78, 5) is 26.4. The molecule has 25 heavy (non-hydrogen) atoms. The lowest BCUT2D eigenvalue weighted by Gasteiger charge is -2.25. The molecule has 1 aromatic rings. The minimum Gasteiger partial charge on any atom is -0.406 e. The van der Waals surface area contributed by atoms with E-state index in [0.29, 0.717) is 19.6 Å². The molecule has 0 spiro atoms. The lowest BCUT2D eigenvalue weighted by atomic mass is 10.1. The Labute approximate surface area is 152 Å². The van der Waals surface area contributed by atoms with Crippen molar-refractivity contribution in [2.75, 3.05) is 26.2 Å². The molecule has 0 bridgehead atoms. The van der Waals surface area contributed by atoms with Gasteiger partial charge in [0, 0.05) is 12.5 Å². The minimum absolute atomic E-state index is 0.00768. The average Bonchev–Trinajstić information content (AvgIpc) is 2.48. The van der Waals surface area contributed by atoms with E-state index in [1.54, 1.807) is 4.58 Å². The topological polar surface area (TPSA) is 49.6 Å². The van der Waals surface area contributed by atoms with Gasteiger partial charge in [0.25, 0.3) is 0 Å². The van der Waals surface area contributed by atoms with E-state index >= 15 is 0 Å². The van der Waals surface area contributed by atoms with Crippen molar-refractivity contribution < 1.29 is 23.3 Å². The van der Waals surface area contributed by atoms with Crippen LogP contribution in [0.1, 0.15) is 38.1 Å². The van der Waals surface area contributed by atoms with Gasteiger partial charge in [-0.3, -0.25) is 9.69 Å². The molecule has 5 nitrogen and oxygen atoms in total. The highest BCUT2D eigenvalue weighted by Gasteiger charge is 2.33. The van der Waals surface area contributed by atoms with Crippen LogP contribution in [-0.2, 0) is 4.74 Å². The largest absolute Gasteiger partial charge is 0.596 e. The summed E-state index contributed by atoms with van der Waals surface area (Å²) in [6.07, 6.45) is -0.379. The number of benzene rings is 1. The Morgan fingerprint density at radius 3 is 2.60 bits per heavy atom. The molecule has 0 N–H and O–H groups in total. The van der Waals surface area contributed by atoms with Crippen LogP contribution in [-0.4, -0.2) is 58.8 Å². The second-order valence-electron chi connectivity index (χ2n) is 7.13. The van der Waals surface area contributed by atoms with Crippen LogP contribution in [0.15, 0.2) is 18.2 Å². The smallest absolute Gasteiger partial charge is 0.406 e. The molecule has 136 valence electrons. The van der Waals surface area contributed by atoms with E-state index in [9.17, 15) is 14.0 Å². The molecule has 0 atom stereocenters. The summed E-state index contributed by atoms with van der Waals surface area (Å²) in [5.41, 5.74) is 0.549. The Kier molecular flexibility index (Phi) is 5.95. The van der Waals surface area contributed by atoms with E-state index in [-0.39, 0.29) is 29.0 Å². The van der Waals surface area contributed by atoms with Crippen LogP contribution in [0.3, 0.4) is 0 Å². The first-order valence-corrected chi connectivity index (χ1v) is 8.48. The van der Waals surface area contributed by atoms with Crippen molar-refractivity contribution >= 4 is 29.2 Å². The third-order valence-electron chi connectivity index (χ3n) is 3.78. The fraction of sp³-hybridized carbons (Fsp3) is 0.500. The molecule has 1 aromatic carbocycles. The van der Waals surface area contributed by atoms with Gasteiger partial charge in [0.05, 0.1) is 24.7 Å². The number of Topliss-reactive ketones (excluding diaryl/α,β-unsaturated/α-hetero) is 1. The first kappa shape index (κ1) is 19.5. The van der Waals surface area contributed by atoms with Gasteiger partial charge in [-0.15, -0.1) is 4.58 Å². The van der Waals surface area contributed by atoms with E-state index in [2.05, 4.69) is 0 Å². The van der Waals surface area contributed by atoms with E-state index in [1.807, 2.05) is 32.6 Å². The van der Waals surface area contributed by atoms with Crippen LogP contribution >= 0.6 is 11.6 Å². The van der Waals surface area contributed by atoms with E-state index in [1.165, 1.54) is 12.1 Å². The van der Waals surface area contributed by atoms with Gasteiger partial charge in [-0.2, -0.15) is 4.79 Å². The van der Waals surface area contributed by atoms with Gasteiger partial charge in [-0.05, 0) is 39.0 Å². The van der Waals surface area contributed by atoms with Crippen LogP contribution in [0.5, 0.6) is 0 Å². The molecule has 0 aromatic heterocycles. The minimum atomic E-state index is -0.606. The van der Waals surface area contributed by atoms with Crippen LogP contribution in [0.4, 0.5) is 9.18 Å². The van der Waals surface area contributed by atoms with Crippen molar-refractivity contribution in [1.29, 1.82) is 0 Å². The maximum absolute atomic E-state index is 13.5. The Balaban J connectivity index is 2.01. The van der Waals surface area contributed by atoms with Gasteiger partial charge in [-0.25, -0.2) is 4.39 Å². The summed E-state index contributed by atoms with van der Waals surface area (Å²) < 4.78 is 20.5. The van der Waals surface area contributed by atoms with Gasteiger partial charge in [0.2, 0.25) is 0 Å². The summed E-state index contributed by atoms with van der Waals surface area (Å²) in [6.45, 7) is 8.91. The Bertz CT molecular complexity index is 726. The molecule has 0 fully saturated rings. The maximum atomic E-state index is 13.5. The number of carbonyl (C=O) groups is 2. The number of halogens is 2. The third-order valence-corrected chi connectivity index (χ3v) is 4.08. The van der Waals surface area contributed by atoms with Gasteiger partial charge >= 0.3 is 6.09 Å². The summed E-state index contributed by atoms with van der Waals surface area (Å²) in [5, 5.41) is -0.00768. The highest BCUT2D eigenvalue weighted by atomic mass is 35.5. The number of ether oxygens (including phenoxy) is 1. The van der Waals surface area contributed by atoms with Gasteiger partial charge < -0.3 is 4.74 Å². The summed E-state index contributed by atoms with van der Waals surface area (Å²) in [7, 11) is 0. The zero-order valence-corrected chi connectivity index (χ0v) is 15.7. The lowest BCUT2D eigenvalue weighted by molar-refractivity contribution is -0.458. The fourth-order valence-corrected chi connectivity index (χ4v) is 2.70. The van der Waals surface area contributed by atoms with Crippen molar-refractivity contribution in [3.05, 3.63) is 34.6 Å². The molecule has 0 saturated heterocycles. The number of carbonyl (C=O) groups excluding carboxylic acids is 2. The van der Waals surface area contributed by atoms with E-state index in [0.717, 1.165) is 11.8 Å². The van der Waals surface area contributed by atoms with E-state index in [4.69, 9.17) is 16.3 Å². The van der Waals surface area contributed by atoms with Crippen LogP contribution < -0.4 is 0 Å². The van der Waals surface area contributed by atoms with Gasteiger partial charge in [-0.1, -0.05) is 11.6 Å². The van der Waals surface area contributed by atoms with E-state index < -0.39 is 11.4 Å². The monoisotopic (exact) mass is 369 g/mol. The first-order valence-electron chi connectivity index (χ1n) is 8.10. The predicted octanol–water partition coefficient (Wildman–Crippen LogP) is 3.39. The SMILES string of the molecule is CC1=[N+](C(=O)OC(C)(C)C)CCN(CC(=O)c2ccc(Cl)c(F)c2)C1. The quantitative estimate of drug-likeness (QED) is 0.605. The zero-order valence-electron chi connectivity index (χ0n) is 14.9. The number of ketones is 1. The number of rotatable bonds is 3. The first-order chi connectivity index (χ1) is 11.6. The second-order valence-corrected chi connectivity index (χ2v) is 7.54.